The molecule has 0 saturated carbocycles. The van der Waals surface area contributed by atoms with Gasteiger partial charge in [0.25, 0.3) is 0 Å². The largest absolute Gasteiger partial charge is 0.331 e. The minimum Gasteiger partial charge on any atom is -0.331 e. The third kappa shape index (κ3) is 3.38. The summed E-state index contributed by atoms with van der Waals surface area (Å²) in [6.45, 7) is 6.15. The molecule has 92 valence electrons. The van der Waals surface area contributed by atoms with E-state index < -0.39 is 0 Å². The van der Waals surface area contributed by atoms with E-state index >= 15 is 0 Å². The van der Waals surface area contributed by atoms with E-state index in [4.69, 9.17) is 0 Å². The first-order valence-corrected chi connectivity index (χ1v) is 6.75. The second kappa shape index (κ2) is 5.93. The van der Waals surface area contributed by atoms with Crippen molar-refractivity contribution < 1.29 is 0 Å². The highest BCUT2D eigenvalue weighted by Crippen LogP contribution is 2.08. The lowest BCUT2D eigenvalue weighted by atomic mass is 10.3. The summed E-state index contributed by atoms with van der Waals surface area (Å²) in [7, 11) is 0. The molecule has 1 N–H and O–H groups in total. The van der Waals surface area contributed by atoms with Gasteiger partial charge >= 0.3 is 0 Å². The van der Waals surface area contributed by atoms with Crippen LogP contribution in [0.1, 0.15) is 30.6 Å². The van der Waals surface area contributed by atoms with Gasteiger partial charge in [0.1, 0.15) is 0 Å². The van der Waals surface area contributed by atoms with Crippen LogP contribution in [-0.2, 0) is 13.0 Å². The third-order valence-corrected chi connectivity index (χ3v) is 3.45. The van der Waals surface area contributed by atoms with E-state index in [1.54, 1.807) is 11.3 Å². The van der Waals surface area contributed by atoms with Crippen molar-refractivity contribution in [1.29, 1.82) is 0 Å². The van der Waals surface area contributed by atoms with Crippen molar-refractivity contribution in [1.82, 2.24) is 19.9 Å². The molecule has 0 spiro atoms. The number of hydrogen-bond donors (Lipinski definition) is 1. The molecule has 5 heteroatoms. The van der Waals surface area contributed by atoms with Crippen LogP contribution in [0.25, 0.3) is 0 Å². The standard InChI is InChI=1S/C12H18N4S/c1-10(2)16-9-14-8-11(16)7-13-4-3-12-15-5-6-17-12/h5-6,8-10,13H,3-4,7H2,1-2H3. The summed E-state index contributed by atoms with van der Waals surface area (Å²) in [4.78, 5) is 8.44. The zero-order chi connectivity index (χ0) is 12.1. The van der Waals surface area contributed by atoms with E-state index in [1.807, 2.05) is 24.1 Å². The maximum absolute atomic E-state index is 4.26. The molecule has 0 amide bonds. The van der Waals surface area contributed by atoms with E-state index in [1.165, 1.54) is 10.7 Å². The number of nitrogens with zero attached hydrogens (tertiary/aromatic N) is 3. The van der Waals surface area contributed by atoms with E-state index in [0.717, 1.165) is 19.5 Å². The van der Waals surface area contributed by atoms with Crippen molar-refractivity contribution in [3.63, 3.8) is 0 Å². The summed E-state index contributed by atoms with van der Waals surface area (Å²) >= 11 is 1.71. The molecule has 0 bridgehead atoms. The van der Waals surface area contributed by atoms with Crippen LogP contribution in [0.3, 0.4) is 0 Å². The molecule has 2 rings (SSSR count). The summed E-state index contributed by atoms with van der Waals surface area (Å²) in [5, 5.41) is 6.63. The Bertz CT molecular complexity index is 433. The Hall–Kier alpha value is -1.20. The lowest BCUT2D eigenvalue weighted by Crippen LogP contribution is -2.19. The number of imidazole rings is 1. The smallest absolute Gasteiger partial charge is 0.0951 e. The predicted octanol–water partition coefficient (Wildman–Crippen LogP) is 2.25. The Balaban J connectivity index is 1.76. The van der Waals surface area contributed by atoms with Gasteiger partial charge in [-0.05, 0) is 13.8 Å². The van der Waals surface area contributed by atoms with E-state index in [0.29, 0.717) is 6.04 Å². The Labute approximate surface area is 106 Å². The van der Waals surface area contributed by atoms with E-state index in [9.17, 15) is 0 Å². The fourth-order valence-electron chi connectivity index (χ4n) is 1.72. The van der Waals surface area contributed by atoms with Crippen LogP contribution in [0.5, 0.6) is 0 Å². The van der Waals surface area contributed by atoms with Crippen molar-refractivity contribution in [3.05, 3.63) is 34.8 Å². The maximum atomic E-state index is 4.26. The summed E-state index contributed by atoms with van der Waals surface area (Å²) in [6.07, 6.45) is 6.67. The van der Waals surface area contributed by atoms with Gasteiger partial charge in [0.05, 0.1) is 17.0 Å². The molecule has 0 fully saturated rings. The molecular weight excluding hydrogens is 232 g/mol. The number of nitrogens with one attached hydrogen (secondary N) is 1. The Morgan fingerprint density at radius 2 is 2.35 bits per heavy atom. The molecule has 0 aliphatic heterocycles. The molecule has 2 aromatic heterocycles. The van der Waals surface area contributed by atoms with Crippen LogP contribution in [0.4, 0.5) is 0 Å². The molecule has 4 nitrogen and oxygen atoms in total. The highest BCUT2D eigenvalue weighted by atomic mass is 32.1. The van der Waals surface area contributed by atoms with Gasteiger partial charge in [0, 0.05) is 43.3 Å². The number of rotatable bonds is 6. The highest BCUT2D eigenvalue weighted by Gasteiger charge is 2.04. The Morgan fingerprint density at radius 1 is 1.47 bits per heavy atom. The van der Waals surface area contributed by atoms with Crippen LogP contribution < -0.4 is 5.32 Å². The van der Waals surface area contributed by atoms with Crippen molar-refractivity contribution in [3.8, 4) is 0 Å². The highest BCUT2D eigenvalue weighted by molar-refractivity contribution is 7.09. The predicted molar refractivity (Wildman–Crippen MR) is 70.1 cm³/mol. The Morgan fingerprint density at radius 3 is 3.06 bits per heavy atom. The topological polar surface area (TPSA) is 42.7 Å². The molecular formula is C12H18N4S. The molecule has 0 aliphatic carbocycles. The van der Waals surface area contributed by atoms with Gasteiger partial charge in [-0.1, -0.05) is 0 Å². The summed E-state index contributed by atoms with van der Waals surface area (Å²) in [6, 6.07) is 0.466. The maximum Gasteiger partial charge on any atom is 0.0951 e. The first-order valence-electron chi connectivity index (χ1n) is 5.87. The average Bonchev–Trinajstić information content (AvgIpc) is 2.95. The average molecular weight is 250 g/mol. The zero-order valence-corrected chi connectivity index (χ0v) is 11.1. The van der Waals surface area contributed by atoms with Crippen LogP contribution in [0, 0.1) is 0 Å². The SMILES string of the molecule is CC(C)n1cncc1CNCCc1nccs1. The van der Waals surface area contributed by atoms with Gasteiger partial charge in [0.15, 0.2) is 0 Å². The number of aromatic nitrogens is 3. The van der Waals surface area contributed by atoms with Crippen molar-refractivity contribution in [2.24, 2.45) is 0 Å². The number of thiazole rings is 1. The lowest BCUT2D eigenvalue weighted by Gasteiger charge is -2.11. The molecule has 0 aliphatic rings. The number of hydrogen-bond acceptors (Lipinski definition) is 4. The normalized spacial score (nSPS) is 11.2. The minimum absolute atomic E-state index is 0.466. The monoisotopic (exact) mass is 250 g/mol. The van der Waals surface area contributed by atoms with Gasteiger partial charge in [-0.2, -0.15) is 0 Å². The van der Waals surface area contributed by atoms with Crippen molar-refractivity contribution in [2.75, 3.05) is 6.54 Å². The van der Waals surface area contributed by atoms with Gasteiger partial charge in [0.2, 0.25) is 0 Å². The van der Waals surface area contributed by atoms with Gasteiger partial charge < -0.3 is 9.88 Å². The molecule has 0 aromatic carbocycles. The molecule has 2 aromatic rings. The Kier molecular flexibility index (Phi) is 4.28. The fourth-order valence-corrected chi connectivity index (χ4v) is 2.34. The van der Waals surface area contributed by atoms with Crippen LogP contribution in [0.2, 0.25) is 0 Å². The van der Waals surface area contributed by atoms with Gasteiger partial charge in [-0.25, -0.2) is 9.97 Å². The quantitative estimate of drug-likeness (QED) is 0.800. The van der Waals surface area contributed by atoms with Crippen LogP contribution >= 0.6 is 11.3 Å². The lowest BCUT2D eigenvalue weighted by molar-refractivity contribution is 0.551. The molecule has 2 heterocycles. The van der Waals surface area contributed by atoms with Crippen LogP contribution in [0.15, 0.2) is 24.1 Å². The summed E-state index contributed by atoms with van der Waals surface area (Å²) in [5.74, 6) is 0. The second-order valence-corrected chi connectivity index (χ2v) is 5.22. The van der Waals surface area contributed by atoms with Crippen molar-refractivity contribution in [2.45, 2.75) is 32.9 Å². The summed E-state index contributed by atoms with van der Waals surface area (Å²) in [5.41, 5.74) is 1.24. The minimum atomic E-state index is 0.466. The summed E-state index contributed by atoms with van der Waals surface area (Å²) < 4.78 is 2.19. The zero-order valence-electron chi connectivity index (χ0n) is 10.3. The second-order valence-electron chi connectivity index (χ2n) is 4.24. The van der Waals surface area contributed by atoms with Crippen LogP contribution in [-0.4, -0.2) is 21.1 Å². The van der Waals surface area contributed by atoms with Gasteiger partial charge in [-0.3, -0.25) is 0 Å². The molecule has 17 heavy (non-hydrogen) atoms. The molecule has 0 atom stereocenters. The fraction of sp³-hybridized carbons (Fsp3) is 0.500. The van der Waals surface area contributed by atoms with E-state index in [2.05, 4.69) is 33.7 Å². The van der Waals surface area contributed by atoms with Gasteiger partial charge in [-0.15, -0.1) is 11.3 Å². The third-order valence-electron chi connectivity index (χ3n) is 2.61. The molecule has 0 radical (unpaired) electrons. The first kappa shape index (κ1) is 12.3. The van der Waals surface area contributed by atoms with E-state index in [-0.39, 0.29) is 0 Å². The molecule has 0 unspecified atom stereocenters. The van der Waals surface area contributed by atoms with Crippen molar-refractivity contribution >= 4 is 11.3 Å². The molecule has 0 saturated heterocycles. The first-order chi connectivity index (χ1) is 8.27.